The second-order valence-corrected chi connectivity index (χ2v) is 13.1. The third-order valence-electron chi connectivity index (χ3n) is 10.0. The molecule has 0 spiro atoms. The van der Waals surface area contributed by atoms with Crippen LogP contribution < -0.4 is 5.56 Å². The first kappa shape index (κ1) is 31.1. The molecule has 2 aromatic carbocycles. The van der Waals surface area contributed by atoms with Crippen molar-refractivity contribution in [3.05, 3.63) is 94.0 Å². The molecule has 2 aliphatic rings. The summed E-state index contributed by atoms with van der Waals surface area (Å²) in [5, 5.41) is 15.9. The van der Waals surface area contributed by atoms with Gasteiger partial charge in [0.05, 0.1) is 30.0 Å². The van der Waals surface area contributed by atoms with E-state index in [4.69, 9.17) is 0 Å². The van der Waals surface area contributed by atoms with Gasteiger partial charge in [0.1, 0.15) is 6.33 Å². The van der Waals surface area contributed by atoms with Crippen molar-refractivity contribution in [2.75, 3.05) is 13.1 Å². The number of piperidine rings is 1. The molecule has 1 saturated heterocycles. The summed E-state index contributed by atoms with van der Waals surface area (Å²) in [4.78, 5) is 32.3. The van der Waals surface area contributed by atoms with Gasteiger partial charge in [-0.1, -0.05) is 63.2 Å². The standard InChI is InChI=1S/C35H40F2N5O3/c1-22(2)23(3)27-15-25-9-10-26(16-28(25)17-27)30-19-38-33-34(44)41(21-39-42(30)33)20-35(45)11-13-40(14-12-35)31(43)18-29(32(36)37)24-7-5-4-6-8-24/h4-10,16,19,21,23,27,29,32,45H,11-15,17-18,20H2,1-3H3. The molecule has 8 nitrogen and oxygen atoms in total. The molecule has 0 bridgehead atoms. The number of likely N-dealkylation sites (tertiary alicyclic amines) is 1. The molecule has 1 N–H and O–H groups in total. The van der Waals surface area contributed by atoms with Gasteiger partial charge in [-0.2, -0.15) is 5.10 Å². The normalized spacial score (nSPS) is 19.3. The van der Waals surface area contributed by atoms with Crippen molar-refractivity contribution in [1.82, 2.24) is 24.1 Å². The number of nitrogens with zero attached hydrogens (tertiary/aromatic N) is 5. The Kier molecular flexibility index (Phi) is 8.61. The fourth-order valence-electron chi connectivity index (χ4n) is 6.87. The van der Waals surface area contributed by atoms with Crippen LogP contribution in [-0.2, 0) is 24.2 Å². The van der Waals surface area contributed by atoms with Gasteiger partial charge in [0, 0.05) is 25.1 Å². The van der Waals surface area contributed by atoms with E-state index < -0.39 is 17.9 Å². The molecule has 2 aromatic heterocycles. The summed E-state index contributed by atoms with van der Waals surface area (Å²) in [6.07, 6.45) is 2.64. The Morgan fingerprint density at radius 3 is 2.47 bits per heavy atom. The summed E-state index contributed by atoms with van der Waals surface area (Å²) >= 11 is 0. The summed E-state index contributed by atoms with van der Waals surface area (Å²) in [7, 11) is 0. The minimum atomic E-state index is -2.66. The van der Waals surface area contributed by atoms with Crippen molar-refractivity contribution < 1.29 is 18.7 Å². The molecule has 1 fully saturated rings. The lowest BCUT2D eigenvalue weighted by Crippen LogP contribution is -2.50. The number of halogens is 2. The monoisotopic (exact) mass is 616 g/mol. The van der Waals surface area contributed by atoms with E-state index in [1.54, 1.807) is 41.0 Å². The number of benzene rings is 2. The molecule has 1 aliphatic heterocycles. The van der Waals surface area contributed by atoms with Gasteiger partial charge in [-0.05, 0) is 66.2 Å². The van der Waals surface area contributed by atoms with Crippen LogP contribution >= 0.6 is 0 Å². The molecule has 10 heteroatoms. The van der Waals surface area contributed by atoms with Gasteiger partial charge in [0.15, 0.2) is 0 Å². The van der Waals surface area contributed by atoms with Crippen molar-refractivity contribution in [3.8, 4) is 11.3 Å². The number of hydrogen-bond acceptors (Lipinski definition) is 5. The Labute approximate surface area is 261 Å². The van der Waals surface area contributed by atoms with Crippen LogP contribution in [0.1, 0.15) is 62.6 Å². The highest BCUT2D eigenvalue weighted by molar-refractivity contribution is 5.77. The number of aromatic nitrogens is 4. The lowest BCUT2D eigenvalue weighted by atomic mass is 9.83. The molecular formula is C35H40F2N5O3. The van der Waals surface area contributed by atoms with E-state index >= 15 is 0 Å². The van der Waals surface area contributed by atoms with Gasteiger partial charge in [-0.3, -0.25) is 14.2 Å². The maximum atomic E-state index is 13.8. The first-order chi connectivity index (χ1) is 21.5. The predicted molar refractivity (Wildman–Crippen MR) is 168 cm³/mol. The molecule has 4 aromatic rings. The summed E-state index contributed by atoms with van der Waals surface area (Å²) in [6, 6.07) is 14.8. The molecule has 1 radical (unpaired) electrons. The number of alkyl halides is 2. The summed E-state index contributed by atoms with van der Waals surface area (Å²) in [5.41, 5.74) is 3.36. The van der Waals surface area contributed by atoms with Crippen LogP contribution in [0.5, 0.6) is 0 Å². The first-order valence-electron chi connectivity index (χ1n) is 15.7. The highest BCUT2D eigenvalue weighted by Crippen LogP contribution is 2.37. The summed E-state index contributed by atoms with van der Waals surface area (Å²) in [6.45, 7) is 7.11. The Morgan fingerprint density at radius 2 is 1.78 bits per heavy atom. The van der Waals surface area contributed by atoms with E-state index in [1.165, 1.54) is 32.8 Å². The molecule has 237 valence electrons. The fourth-order valence-corrected chi connectivity index (χ4v) is 6.87. The maximum Gasteiger partial charge on any atom is 0.296 e. The first-order valence-corrected chi connectivity index (χ1v) is 15.7. The van der Waals surface area contributed by atoms with Gasteiger partial charge in [0.2, 0.25) is 18.0 Å². The van der Waals surface area contributed by atoms with E-state index in [2.05, 4.69) is 49.1 Å². The van der Waals surface area contributed by atoms with Gasteiger partial charge < -0.3 is 10.0 Å². The van der Waals surface area contributed by atoms with Gasteiger partial charge >= 0.3 is 0 Å². The highest BCUT2D eigenvalue weighted by Gasteiger charge is 2.36. The van der Waals surface area contributed by atoms with Crippen LogP contribution in [0.2, 0.25) is 0 Å². The van der Waals surface area contributed by atoms with E-state index in [0.717, 1.165) is 24.1 Å². The second kappa shape index (κ2) is 12.5. The number of fused-ring (bicyclic) bond motifs is 2. The van der Waals surface area contributed by atoms with Crippen molar-refractivity contribution in [2.24, 2.45) is 11.8 Å². The average molecular weight is 617 g/mol. The van der Waals surface area contributed by atoms with Crippen molar-refractivity contribution in [3.63, 3.8) is 0 Å². The molecule has 3 unspecified atom stereocenters. The third-order valence-corrected chi connectivity index (χ3v) is 10.0. The van der Waals surface area contributed by atoms with Crippen LogP contribution in [0, 0.1) is 17.8 Å². The van der Waals surface area contributed by atoms with E-state index in [-0.39, 0.29) is 56.0 Å². The molecular weight excluding hydrogens is 576 g/mol. The zero-order valence-corrected chi connectivity index (χ0v) is 26.0. The zero-order chi connectivity index (χ0) is 31.9. The van der Waals surface area contributed by atoms with Gasteiger partial charge in [-0.15, -0.1) is 0 Å². The minimum Gasteiger partial charge on any atom is -0.388 e. The van der Waals surface area contributed by atoms with E-state index in [0.29, 0.717) is 17.4 Å². The Morgan fingerprint density at radius 1 is 1.07 bits per heavy atom. The van der Waals surface area contributed by atoms with E-state index in [1.807, 2.05) is 0 Å². The molecule has 45 heavy (non-hydrogen) atoms. The minimum absolute atomic E-state index is 0.00445. The quantitative estimate of drug-likeness (QED) is 0.275. The van der Waals surface area contributed by atoms with Crippen molar-refractivity contribution >= 4 is 11.6 Å². The highest BCUT2D eigenvalue weighted by atomic mass is 19.3. The van der Waals surface area contributed by atoms with Crippen molar-refractivity contribution in [2.45, 2.75) is 77.4 Å². The van der Waals surface area contributed by atoms with Gasteiger partial charge in [-0.25, -0.2) is 18.3 Å². The Bertz CT molecular complexity index is 1730. The molecule has 1 aliphatic carbocycles. The molecule has 3 atom stereocenters. The van der Waals surface area contributed by atoms with Gasteiger partial charge in [0.25, 0.3) is 5.56 Å². The number of rotatable bonds is 9. The SMILES string of the molecule is C[C](C)C(C)C1Cc2ccc(-c3cnc4c(=O)n(CC5(O)CCN(C(=O)CC(c6ccccc6)C(F)F)CC5)cnn34)cc2C1. The lowest BCUT2D eigenvalue weighted by Gasteiger charge is -2.38. The Balaban J connectivity index is 1.12. The smallest absolute Gasteiger partial charge is 0.296 e. The van der Waals surface area contributed by atoms with Crippen LogP contribution in [0.25, 0.3) is 16.9 Å². The van der Waals surface area contributed by atoms with E-state index in [9.17, 15) is 23.5 Å². The van der Waals surface area contributed by atoms with Crippen LogP contribution in [0.4, 0.5) is 8.78 Å². The zero-order valence-electron chi connectivity index (χ0n) is 26.0. The predicted octanol–water partition coefficient (Wildman–Crippen LogP) is 5.32. The number of carbonyl (C=O) groups is 1. The maximum absolute atomic E-state index is 13.8. The average Bonchev–Trinajstić information content (AvgIpc) is 3.66. The number of hydrogen-bond donors (Lipinski definition) is 1. The molecule has 6 rings (SSSR count). The number of imidazole rings is 1. The topological polar surface area (TPSA) is 92.7 Å². The summed E-state index contributed by atoms with van der Waals surface area (Å²) < 4.78 is 30.5. The Hall–Kier alpha value is -3.92. The van der Waals surface area contributed by atoms with Crippen molar-refractivity contribution in [1.29, 1.82) is 0 Å². The number of carbonyl (C=O) groups excluding carboxylic acids is 1. The largest absolute Gasteiger partial charge is 0.388 e. The third kappa shape index (κ3) is 6.30. The summed E-state index contributed by atoms with van der Waals surface area (Å²) in [5.74, 6) is 1.04. The molecule has 3 heterocycles. The molecule has 1 amide bonds. The lowest BCUT2D eigenvalue weighted by molar-refractivity contribution is -0.137. The van der Waals surface area contributed by atoms with Crippen LogP contribution in [0.3, 0.4) is 0 Å². The van der Waals surface area contributed by atoms with Crippen LogP contribution in [0.15, 0.2) is 65.8 Å². The number of aliphatic hydroxyl groups is 1. The fraction of sp³-hybridized carbons (Fsp3) is 0.457. The second-order valence-electron chi connectivity index (χ2n) is 13.1. The number of amides is 1. The van der Waals surface area contributed by atoms with Crippen LogP contribution in [-0.4, -0.2) is 60.2 Å². The molecule has 0 saturated carbocycles.